The molecule has 2 aliphatic heterocycles. The van der Waals surface area contributed by atoms with Gasteiger partial charge in [0.05, 0.1) is 13.2 Å². The van der Waals surface area contributed by atoms with Gasteiger partial charge in [0.2, 0.25) is 5.91 Å². The number of hydrogen-bond donors (Lipinski definition) is 3. The molecule has 3 N–H and O–H groups in total. The van der Waals surface area contributed by atoms with Crippen LogP contribution in [0.15, 0.2) is 0 Å². The largest absolute Gasteiger partial charge is 0.385 e. The van der Waals surface area contributed by atoms with E-state index in [4.69, 9.17) is 37.9 Å². The Hall–Kier alpha value is -0.930. The molecule has 0 aliphatic carbocycles. The van der Waals surface area contributed by atoms with E-state index in [2.05, 4.69) is 39.9 Å². The zero-order valence-electron chi connectivity index (χ0n) is 29.4. The number of ether oxygens (including phenoxy) is 8. The summed E-state index contributed by atoms with van der Waals surface area (Å²) in [5.41, 5.74) is 0. The molecule has 10 atom stereocenters. The average Bonchev–Trinajstić information content (AvgIpc) is 3.03. The van der Waals surface area contributed by atoms with Crippen molar-refractivity contribution in [3.05, 3.63) is 0 Å². The fourth-order valence-electron chi connectivity index (χ4n) is 5.48. The number of aliphatic hydroxyl groups is 2. The Morgan fingerprint density at radius 1 is 0.630 bits per heavy atom. The van der Waals surface area contributed by atoms with Gasteiger partial charge in [-0.05, 0) is 32.1 Å². The highest BCUT2D eigenvalue weighted by Gasteiger charge is 2.53. The Balaban J connectivity index is 2.43. The topological polar surface area (TPSA) is 143 Å². The van der Waals surface area contributed by atoms with Crippen molar-refractivity contribution in [1.29, 1.82) is 0 Å². The second-order valence-corrected chi connectivity index (χ2v) is 12.3. The molecule has 2 fully saturated rings. The Kier molecular flexibility index (Phi) is 21.7. The fourth-order valence-corrected chi connectivity index (χ4v) is 5.48. The molecular weight excluding hydrogens is 598 g/mol. The summed E-state index contributed by atoms with van der Waals surface area (Å²) in [6.07, 6.45) is 0.954. The van der Waals surface area contributed by atoms with Crippen molar-refractivity contribution >= 4 is 5.91 Å². The number of aliphatic hydroxyl groups excluding tert-OH is 2. The lowest BCUT2D eigenvalue weighted by Gasteiger charge is -2.49. The smallest absolute Gasteiger partial charge is 0.217 e. The predicted octanol–water partition coefficient (Wildman–Crippen LogP) is 3.87. The number of unbranched alkanes of at least 4 members (excludes halogenated alkanes) is 5. The first-order valence-electron chi connectivity index (χ1n) is 17.9. The van der Waals surface area contributed by atoms with Gasteiger partial charge in [-0.2, -0.15) is 0 Å². The molecule has 0 aromatic rings. The molecule has 0 bridgehead atoms. The maximum atomic E-state index is 12.2. The maximum absolute atomic E-state index is 12.2. The first-order valence-corrected chi connectivity index (χ1v) is 17.9. The SMILES string of the molecule is CCCCOCC1OC(OC2C(COCCCC)OC(O)C(NC(C)=O)C2OCCCC)C(O)C(OCCCC)C1OCCCC. The van der Waals surface area contributed by atoms with Gasteiger partial charge < -0.3 is 53.4 Å². The second kappa shape index (κ2) is 24.2. The summed E-state index contributed by atoms with van der Waals surface area (Å²) in [5, 5.41) is 25.6. The molecule has 272 valence electrons. The summed E-state index contributed by atoms with van der Waals surface area (Å²) in [6.45, 7) is 14.6. The highest BCUT2D eigenvalue weighted by molar-refractivity contribution is 5.73. The zero-order chi connectivity index (χ0) is 33.7. The monoisotopic (exact) mass is 663 g/mol. The molecule has 2 heterocycles. The minimum absolute atomic E-state index is 0.119. The molecular formula is C34H65NO11. The summed E-state index contributed by atoms with van der Waals surface area (Å²) >= 11 is 0. The molecule has 0 spiro atoms. The van der Waals surface area contributed by atoms with Crippen molar-refractivity contribution in [1.82, 2.24) is 5.32 Å². The van der Waals surface area contributed by atoms with E-state index in [0.29, 0.717) is 33.0 Å². The summed E-state index contributed by atoms with van der Waals surface area (Å²) in [7, 11) is 0. The first-order chi connectivity index (χ1) is 22.3. The summed E-state index contributed by atoms with van der Waals surface area (Å²) in [5.74, 6) is -0.345. The standard InChI is InChI=1S/C34H65NO11/c1-7-12-17-39-22-25-29(41-19-14-9-3)32(43-21-16-11-5)28(37)34(45-25)46-30-26(23-40-18-13-8-2)44-33(38)27(35-24(6)36)31(30)42-20-15-10-4/h25-34,37-38H,7-23H2,1-6H3,(H,35,36). The average molecular weight is 664 g/mol. The molecule has 10 unspecified atom stereocenters. The highest BCUT2D eigenvalue weighted by Crippen LogP contribution is 2.33. The van der Waals surface area contributed by atoms with Crippen molar-refractivity contribution in [3.63, 3.8) is 0 Å². The van der Waals surface area contributed by atoms with E-state index in [0.717, 1.165) is 64.2 Å². The van der Waals surface area contributed by atoms with Crippen LogP contribution in [0.3, 0.4) is 0 Å². The third-order valence-electron chi connectivity index (χ3n) is 8.21. The predicted molar refractivity (Wildman–Crippen MR) is 173 cm³/mol. The molecule has 0 radical (unpaired) electrons. The molecule has 0 saturated carbocycles. The van der Waals surface area contributed by atoms with Crippen LogP contribution in [0.4, 0.5) is 0 Å². The van der Waals surface area contributed by atoms with Crippen LogP contribution in [0, 0.1) is 0 Å². The van der Waals surface area contributed by atoms with E-state index in [9.17, 15) is 15.0 Å². The van der Waals surface area contributed by atoms with Crippen molar-refractivity contribution in [3.8, 4) is 0 Å². The van der Waals surface area contributed by atoms with Gasteiger partial charge in [-0.1, -0.05) is 66.7 Å². The number of amides is 1. The number of hydrogen-bond acceptors (Lipinski definition) is 11. The molecule has 12 nitrogen and oxygen atoms in total. The Morgan fingerprint density at radius 3 is 1.59 bits per heavy atom. The van der Waals surface area contributed by atoms with Crippen LogP contribution in [0.25, 0.3) is 0 Å². The number of carbonyl (C=O) groups excluding carboxylic acids is 1. The molecule has 0 aromatic carbocycles. The third-order valence-corrected chi connectivity index (χ3v) is 8.21. The third kappa shape index (κ3) is 13.9. The molecule has 0 aromatic heterocycles. The van der Waals surface area contributed by atoms with Gasteiger partial charge in [-0.15, -0.1) is 0 Å². The Labute approximate surface area is 277 Å². The lowest BCUT2D eigenvalue weighted by Crippen LogP contribution is -2.68. The van der Waals surface area contributed by atoms with Gasteiger partial charge in [0, 0.05) is 40.0 Å². The number of nitrogens with one attached hydrogen (secondary N) is 1. The van der Waals surface area contributed by atoms with Gasteiger partial charge in [0.15, 0.2) is 12.6 Å². The number of rotatable bonds is 25. The first kappa shape index (κ1) is 41.2. The van der Waals surface area contributed by atoms with Crippen LogP contribution >= 0.6 is 0 Å². The van der Waals surface area contributed by atoms with Crippen LogP contribution in [0.1, 0.15) is 106 Å². The van der Waals surface area contributed by atoms with Crippen LogP contribution < -0.4 is 5.32 Å². The number of carbonyl (C=O) groups is 1. The van der Waals surface area contributed by atoms with E-state index in [1.807, 2.05) is 0 Å². The van der Waals surface area contributed by atoms with Crippen molar-refractivity contribution in [2.24, 2.45) is 0 Å². The van der Waals surface area contributed by atoms with Gasteiger partial charge in [0.25, 0.3) is 0 Å². The van der Waals surface area contributed by atoms with Crippen molar-refractivity contribution < 1.29 is 52.9 Å². The van der Waals surface area contributed by atoms with Crippen LogP contribution in [-0.2, 0) is 42.7 Å². The Morgan fingerprint density at radius 2 is 1.09 bits per heavy atom. The molecule has 2 aliphatic rings. The molecule has 2 rings (SSSR count). The quantitative estimate of drug-likeness (QED) is 0.123. The molecule has 12 heteroatoms. The Bertz CT molecular complexity index is 777. The van der Waals surface area contributed by atoms with Crippen LogP contribution in [-0.4, -0.2) is 124 Å². The summed E-state index contributed by atoms with van der Waals surface area (Å²) in [4.78, 5) is 12.2. The fraction of sp³-hybridized carbons (Fsp3) is 0.971. The van der Waals surface area contributed by atoms with E-state index in [1.165, 1.54) is 6.92 Å². The minimum Gasteiger partial charge on any atom is -0.385 e. The van der Waals surface area contributed by atoms with Crippen molar-refractivity contribution in [2.75, 3.05) is 46.2 Å². The van der Waals surface area contributed by atoms with Crippen LogP contribution in [0.5, 0.6) is 0 Å². The van der Waals surface area contributed by atoms with Gasteiger partial charge >= 0.3 is 0 Å². The maximum Gasteiger partial charge on any atom is 0.217 e. The molecule has 1 amide bonds. The normalized spacial score (nSPS) is 31.7. The van der Waals surface area contributed by atoms with Gasteiger partial charge in [-0.25, -0.2) is 0 Å². The van der Waals surface area contributed by atoms with E-state index in [1.54, 1.807) is 0 Å². The lowest BCUT2D eigenvalue weighted by molar-refractivity contribution is -0.355. The van der Waals surface area contributed by atoms with E-state index < -0.39 is 61.3 Å². The van der Waals surface area contributed by atoms with E-state index in [-0.39, 0.29) is 19.1 Å². The molecule has 2 saturated heterocycles. The van der Waals surface area contributed by atoms with Gasteiger partial charge in [-0.3, -0.25) is 4.79 Å². The lowest BCUT2D eigenvalue weighted by atomic mass is 9.95. The minimum atomic E-state index is -1.35. The highest BCUT2D eigenvalue weighted by atomic mass is 16.7. The van der Waals surface area contributed by atoms with Crippen LogP contribution in [0.2, 0.25) is 0 Å². The zero-order valence-corrected chi connectivity index (χ0v) is 29.4. The second-order valence-electron chi connectivity index (χ2n) is 12.3. The molecule has 46 heavy (non-hydrogen) atoms. The summed E-state index contributed by atoms with van der Waals surface area (Å²) in [6, 6.07) is -0.915. The summed E-state index contributed by atoms with van der Waals surface area (Å²) < 4.78 is 50.0. The van der Waals surface area contributed by atoms with Gasteiger partial charge in [0.1, 0.15) is 48.8 Å². The van der Waals surface area contributed by atoms with E-state index >= 15 is 0 Å². The van der Waals surface area contributed by atoms with Crippen molar-refractivity contribution in [2.45, 2.75) is 167 Å².